The summed E-state index contributed by atoms with van der Waals surface area (Å²) < 4.78 is 5.21. The lowest BCUT2D eigenvalue weighted by Gasteiger charge is -1.99. The second-order valence-corrected chi connectivity index (χ2v) is 3.96. The van der Waals surface area contributed by atoms with Gasteiger partial charge >= 0.3 is 0 Å². The fraction of sp³-hybridized carbons (Fsp3) is 0.333. The maximum absolute atomic E-state index is 5.55. The number of hydrogen-bond acceptors (Lipinski definition) is 4. The topological polar surface area (TPSA) is 64.9 Å². The molecule has 1 heterocycles. The van der Waals surface area contributed by atoms with E-state index < -0.39 is 0 Å². The fourth-order valence-electron chi connectivity index (χ4n) is 1.44. The summed E-state index contributed by atoms with van der Waals surface area (Å²) in [5.41, 5.74) is 7.67. The molecule has 0 bridgehead atoms. The highest BCUT2D eigenvalue weighted by Gasteiger charge is 2.13. The molecule has 16 heavy (non-hydrogen) atoms. The molecule has 2 rings (SSSR count). The summed E-state index contributed by atoms with van der Waals surface area (Å²) in [7, 11) is 0. The minimum Gasteiger partial charge on any atom is -0.334 e. The highest BCUT2D eigenvalue weighted by atomic mass is 16.5. The van der Waals surface area contributed by atoms with E-state index in [0.29, 0.717) is 18.3 Å². The van der Waals surface area contributed by atoms with Gasteiger partial charge in [-0.3, -0.25) is 0 Å². The molecule has 0 aliphatic carbocycles. The number of aromatic nitrogens is 2. The van der Waals surface area contributed by atoms with Gasteiger partial charge in [0.25, 0.3) is 5.89 Å². The van der Waals surface area contributed by atoms with E-state index in [-0.39, 0.29) is 5.92 Å². The van der Waals surface area contributed by atoms with E-state index >= 15 is 0 Å². The van der Waals surface area contributed by atoms with Gasteiger partial charge in [0.2, 0.25) is 0 Å². The lowest BCUT2D eigenvalue weighted by Crippen LogP contribution is -2.10. The molecule has 0 fully saturated rings. The Morgan fingerprint density at radius 1 is 1.44 bits per heavy atom. The first kappa shape index (κ1) is 10.8. The van der Waals surface area contributed by atoms with Crippen LogP contribution in [0.2, 0.25) is 0 Å². The number of nitrogens with two attached hydrogens (primary N) is 1. The standard InChI is InChI=1S/C12H15N3O/c1-8-4-3-5-10(6-8)12-14-11(15-16-12)9(2)7-13/h3-6,9H,7,13H2,1-2H3. The Bertz CT molecular complexity index is 479. The van der Waals surface area contributed by atoms with Gasteiger partial charge in [0.15, 0.2) is 5.82 Å². The molecule has 0 saturated heterocycles. The first-order valence-corrected chi connectivity index (χ1v) is 5.31. The Labute approximate surface area is 94.5 Å². The number of aryl methyl sites for hydroxylation is 1. The Morgan fingerprint density at radius 3 is 2.94 bits per heavy atom. The molecule has 4 heteroatoms. The second-order valence-electron chi connectivity index (χ2n) is 3.96. The normalized spacial score (nSPS) is 12.7. The highest BCUT2D eigenvalue weighted by Crippen LogP contribution is 2.20. The van der Waals surface area contributed by atoms with E-state index in [4.69, 9.17) is 10.3 Å². The molecule has 84 valence electrons. The molecule has 4 nitrogen and oxygen atoms in total. The summed E-state index contributed by atoms with van der Waals surface area (Å²) in [4.78, 5) is 4.33. The summed E-state index contributed by atoms with van der Waals surface area (Å²) in [6.45, 7) is 4.53. The Morgan fingerprint density at radius 2 is 2.25 bits per heavy atom. The minimum absolute atomic E-state index is 0.127. The van der Waals surface area contributed by atoms with Crippen molar-refractivity contribution >= 4 is 0 Å². The molecule has 1 aromatic heterocycles. The van der Waals surface area contributed by atoms with Crippen molar-refractivity contribution < 1.29 is 4.52 Å². The molecule has 0 amide bonds. The largest absolute Gasteiger partial charge is 0.334 e. The van der Waals surface area contributed by atoms with Crippen LogP contribution < -0.4 is 5.73 Å². The van der Waals surface area contributed by atoms with Gasteiger partial charge in [-0.05, 0) is 19.1 Å². The zero-order valence-electron chi connectivity index (χ0n) is 9.47. The Balaban J connectivity index is 2.31. The van der Waals surface area contributed by atoms with Crippen LogP contribution in [0.15, 0.2) is 28.8 Å². The monoisotopic (exact) mass is 217 g/mol. The summed E-state index contributed by atoms with van der Waals surface area (Å²) in [6, 6.07) is 7.98. The number of benzene rings is 1. The summed E-state index contributed by atoms with van der Waals surface area (Å²) in [5, 5.41) is 3.93. The molecular formula is C12H15N3O. The van der Waals surface area contributed by atoms with Crippen LogP contribution in [0.5, 0.6) is 0 Å². The van der Waals surface area contributed by atoms with Gasteiger partial charge in [-0.2, -0.15) is 4.98 Å². The second kappa shape index (κ2) is 4.45. The first-order valence-electron chi connectivity index (χ1n) is 5.31. The molecule has 0 aliphatic rings. The van der Waals surface area contributed by atoms with Crippen LogP contribution in [0.1, 0.15) is 24.2 Å². The van der Waals surface area contributed by atoms with E-state index in [1.54, 1.807) is 0 Å². The van der Waals surface area contributed by atoms with E-state index in [2.05, 4.69) is 10.1 Å². The van der Waals surface area contributed by atoms with Crippen LogP contribution >= 0.6 is 0 Å². The van der Waals surface area contributed by atoms with Gasteiger partial charge < -0.3 is 10.3 Å². The third-order valence-corrected chi connectivity index (χ3v) is 2.50. The smallest absolute Gasteiger partial charge is 0.257 e. The van der Waals surface area contributed by atoms with Crippen LogP contribution in [-0.2, 0) is 0 Å². The van der Waals surface area contributed by atoms with Crippen molar-refractivity contribution in [2.75, 3.05) is 6.54 Å². The molecular weight excluding hydrogens is 202 g/mol. The van der Waals surface area contributed by atoms with Crippen molar-refractivity contribution in [3.05, 3.63) is 35.7 Å². The molecule has 2 N–H and O–H groups in total. The summed E-state index contributed by atoms with van der Waals surface area (Å²) in [6.07, 6.45) is 0. The van der Waals surface area contributed by atoms with E-state index in [1.165, 1.54) is 5.56 Å². The predicted molar refractivity (Wildman–Crippen MR) is 61.9 cm³/mol. The molecule has 0 saturated carbocycles. The molecule has 0 radical (unpaired) electrons. The van der Waals surface area contributed by atoms with Crippen molar-refractivity contribution in [1.82, 2.24) is 10.1 Å². The maximum atomic E-state index is 5.55. The quantitative estimate of drug-likeness (QED) is 0.855. The van der Waals surface area contributed by atoms with Gasteiger partial charge in [0.05, 0.1) is 0 Å². The average molecular weight is 217 g/mol. The van der Waals surface area contributed by atoms with Crippen LogP contribution in [0, 0.1) is 6.92 Å². The summed E-state index contributed by atoms with van der Waals surface area (Å²) >= 11 is 0. The van der Waals surface area contributed by atoms with Gasteiger partial charge in [0.1, 0.15) is 0 Å². The molecule has 2 aromatic rings. The lowest BCUT2D eigenvalue weighted by atomic mass is 10.1. The molecule has 1 unspecified atom stereocenters. The van der Waals surface area contributed by atoms with Gasteiger partial charge in [-0.25, -0.2) is 0 Å². The van der Waals surface area contributed by atoms with E-state index in [9.17, 15) is 0 Å². The number of rotatable bonds is 3. The molecule has 1 atom stereocenters. The van der Waals surface area contributed by atoms with Crippen molar-refractivity contribution in [2.24, 2.45) is 5.73 Å². The van der Waals surface area contributed by atoms with Gasteiger partial charge in [-0.1, -0.05) is 29.8 Å². The van der Waals surface area contributed by atoms with Crippen molar-refractivity contribution in [3.8, 4) is 11.5 Å². The molecule has 0 spiro atoms. The highest BCUT2D eigenvalue weighted by molar-refractivity contribution is 5.53. The maximum Gasteiger partial charge on any atom is 0.257 e. The van der Waals surface area contributed by atoms with Crippen LogP contribution in [-0.4, -0.2) is 16.7 Å². The van der Waals surface area contributed by atoms with Crippen molar-refractivity contribution in [2.45, 2.75) is 19.8 Å². The van der Waals surface area contributed by atoms with Crippen LogP contribution in [0.4, 0.5) is 0 Å². The zero-order chi connectivity index (χ0) is 11.5. The van der Waals surface area contributed by atoms with Gasteiger partial charge in [-0.15, -0.1) is 0 Å². The van der Waals surface area contributed by atoms with Crippen LogP contribution in [0.25, 0.3) is 11.5 Å². The van der Waals surface area contributed by atoms with E-state index in [1.807, 2.05) is 38.1 Å². The average Bonchev–Trinajstić information content (AvgIpc) is 2.77. The third kappa shape index (κ3) is 2.12. The lowest BCUT2D eigenvalue weighted by molar-refractivity contribution is 0.418. The van der Waals surface area contributed by atoms with Crippen molar-refractivity contribution in [1.29, 1.82) is 0 Å². The van der Waals surface area contributed by atoms with Crippen molar-refractivity contribution in [3.63, 3.8) is 0 Å². The van der Waals surface area contributed by atoms with E-state index in [0.717, 1.165) is 5.56 Å². The number of nitrogens with zero attached hydrogens (tertiary/aromatic N) is 2. The Kier molecular flexibility index (Phi) is 3.01. The SMILES string of the molecule is Cc1cccc(-c2nc(C(C)CN)no2)c1. The van der Waals surface area contributed by atoms with Gasteiger partial charge in [0, 0.05) is 18.0 Å². The fourth-order valence-corrected chi connectivity index (χ4v) is 1.44. The summed E-state index contributed by atoms with van der Waals surface area (Å²) in [5.74, 6) is 1.35. The first-order chi connectivity index (χ1) is 7.70. The molecule has 0 aliphatic heterocycles. The Hall–Kier alpha value is -1.68. The minimum atomic E-state index is 0.127. The zero-order valence-corrected chi connectivity index (χ0v) is 9.47. The third-order valence-electron chi connectivity index (χ3n) is 2.50. The predicted octanol–water partition coefficient (Wildman–Crippen LogP) is 2.11. The van der Waals surface area contributed by atoms with Crippen LogP contribution in [0.3, 0.4) is 0 Å². The number of hydrogen-bond donors (Lipinski definition) is 1. The molecule has 1 aromatic carbocycles.